The molecular formula is C34H31Br2N2OP. The Balaban J connectivity index is 1.72. The molecule has 0 aliphatic heterocycles. The van der Waals surface area contributed by atoms with Gasteiger partial charge < -0.3 is 9.09 Å². The van der Waals surface area contributed by atoms with Crippen molar-refractivity contribution in [3.8, 4) is 5.75 Å². The fourth-order valence-electron chi connectivity index (χ4n) is 5.51. The fraction of sp³-hybridized carbons (Fsp3) is 0.176. The van der Waals surface area contributed by atoms with Crippen LogP contribution >= 0.6 is 39.1 Å². The van der Waals surface area contributed by atoms with Gasteiger partial charge in [-0.2, -0.15) is 0 Å². The van der Waals surface area contributed by atoms with Crippen LogP contribution in [0.3, 0.4) is 0 Å². The van der Waals surface area contributed by atoms with E-state index in [0.29, 0.717) is 0 Å². The first kappa shape index (κ1) is 27.3. The molecule has 0 N–H and O–H groups in total. The van der Waals surface area contributed by atoms with E-state index in [1.54, 1.807) is 0 Å². The molecule has 3 nitrogen and oxygen atoms in total. The number of hydrogen-bond donors (Lipinski definition) is 0. The summed E-state index contributed by atoms with van der Waals surface area (Å²) in [6, 6.07) is 36.4. The van der Waals surface area contributed by atoms with Crippen LogP contribution < -0.4 is 9.83 Å². The molecule has 0 bridgehead atoms. The van der Waals surface area contributed by atoms with Crippen molar-refractivity contribution >= 4 is 82.7 Å². The number of nitrogens with zero attached hydrogens (tertiary/aromatic N) is 2. The number of rotatable bonds is 5. The van der Waals surface area contributed by atoms with Crippen LogP contribution in [-0.2, 0) is 6.54 Å². The van der Waals surface area contributed by atoms with Gasteiger partial charge in [-0.15, -0.1) is 0 Å². The van der Waals surface area contributed by atoms with Crippen molar-refractivity contribution < 1.29 is 4.52 Å². The molecule has 6 aromatic rings. The molecule has 0 saturated carbocycles. The average molecular weight is 674 g/mol. The lowest BCUT2D eigenvalue weighted by molar-refractivity contribution is 0.568. The number of aryl methyl sites for hydroxylation is 1. The summed E-state index contributed by atoms with van der Waals surface area (Å²) in [5.41, 5.74) is 3.43. The Bertz CT molecular complexity index is 1950. The van der Waals surface area contributed by atoms with Gasteiger partial charge in [0.1, 0.15) is 5.75 Å². The van der Waals surface area contributed by atoms with Gasteiger partial charge in [0.15, 0.2) is 7.28 Å². The van der Waals surface area contributed by atoms with E-state index in [9.17, 15) is 0 Å². The zero-order valence-electron chi connectivity index (χ0n) is 23.0. The Labute approximate surface area is 252 Å². The van der Waals surface area contributed by atoms with E-state index in [-0.39, 0.29) is 5.16 Å². The van der Waals surface area contributed by atoms with E-state index in [2.05, 4.69) is 149 Å². The Kier molecular flexibility index (Phi) is 7.19. The van der Waals surface area contributed by atoms with Crippen LogP contribution in [0.15, 0.2) is 117 Å². The molecule has 0 fully saturated rings. The Morgan fingerprint density at radius 1 is 0.750 bits per heavy atom. The minimum Gasteiger partial charge on any atom is -0.454 e. The number of para-hydroxylation sites is 1. The molecule has 0 aliphatic carbocycles. The van der Waals surface area contributed by atoms with Gasteiger partial charge in [-0.05, 0) is 76.8 Å². The van der Waals surface area contributed by atoms with Crippen molar-refractivity contribution in [1.29, 1.82) is 0 Å². The van der Waals surface area contributed by atoms with Crippen molar-refractivity contribution in [2.24, 2.45) is 4.74 Å². The van der Waals surface area contributed by atoms with Crippen LogP contribution in [0.4, 0.5) is 5.69 Å². The van der Waals surface area contributed by atoms with Crippen molar-refractivity contribution in [3.05, 3.63) is 112 Å². The minimum atomic E-state index is -2.73. The molecule has 0 spiro atoms. The predicted octanol–water partition coefficient (Wildman–Crippen LogP) is 11.4. The predicted molar refractivity (Wildman–Crippen MR) is 180 cm³/mol. The van der Waals surface area contributed by atoms with Gasteiger partial charge in [-0.1, -0.05) is 91.3 Å². The second-order valence-electron chi connectivity index (χ2n) is 11.0. The Morgan fingerprint density at radius 3 is 2.20 bits per heavy atom. The molecule has 0 amide bonds. The summed E-state index contributed by atoms with van der Waals surface area (Å²) in [5, 5.41) is 5.59. The van der Waals surface area contributed by atoms with Crippen LogP contribution in [0.25, 0.3) is 32.6 Å². The van der Waals surface area contributed by atoms with E-state index in [1.807, 2.05) is 18.2 Å². The Morgan fingerprint density at radius 2 is 1.45 bits per heavy atom. The highest BCUT2D eigenvalue weighted by molar-refractivity contribution is 9.11. The van der Waals surface area contributed by atoms with Crippen LogP contribution in [-0.4, -0.2) is 9.72 Å². The minimum absolute atomic E-state index is 0.312. The van der Waals surface area contributed by atoms with Crippen molar-refractivity contribution in [1.82, 2.24) is 4.57 Å². The number of aromatic nitrogens is 1. The van der Waals surface area contributed by atoms with Crippen molar-refractivity contribution in [2.45, 2.75) is 39.4 Å². The van der Waals surface area contributed by atoms with E-state index in [4.69, 9.17) is 9.27 Å². The summed E-state index contributed by atoms with van der Waals surface area (Å²) < 4.78 is 17.2. The highest BCUT2D eigenvalue weighted by Gasteiger charge is 2.40. The molecular weight excluding hydrogens is 643 g/mol. The molecule has 0 saturated heterocycles. The van der Waals surface area contributed by atoms with E-state index in [0.717, 1.165) is 37.6 Å². The van der Waals surface area contributed by atoms with E-state index < -0.39 is 7.28 Å². The molecule has 6 rings (SSSR count). The highest BCUT2D eigenvalue weighted by atomic mass is 79.9. The maximum Gasteiger partial charge on any atom is 0.173 e. The lowest BCUT2D eigenvalue weighted by Crippen LogP contribution is -2.27. The molecule has 1 atom stereocenters. The summed E-state index contributed by atoms with van der Waals surface area (Å²) in [6.45, 7) is 9.87. The molecule has 202 valence electrons. The molecule has 6 heteroatoms. The summed E-state index contributed by atoms with van der Waals surface area (Å²) >= 11 is 7.37. The largest absolute Gasteiger partial charge is 0.454 e. The second kappa shape index (κ2) is 10.5. The molecule has 1 aromatic heterocycles. The normalized spacial score (nSPS) is 13.6. The lowest BCUT2D eigenvalue weighted by Gasteiger charge is -2.37. The third kappa shape index (κ3) is 4.62. The van der Waals surface area contributed by atoms with Gasteiger partial charge in [0, 0.05) is 48.7 Å². The van der Waals surface area contributed by atoms with Crippen LogP contribution in [0, 0.1) is 0 Å². The maximum atomic E-state index is 7.26. The lowest BCUT2D eigenvalue weighted by atomic mass is 10.1. The van der Waals surface area contributed by atoms with E-state index >= 15 is 0 Å². The third-order valence-electron chi connectivity index (χ3n) is 7.47. The number of halogens is 2. The van der Waals surface area contributed by atoms with Crippen molar-refractivity contribution in [2.75, 3.05) is 0 Å². The summed E-state index contributed by atoms with van der Waals surface area (Å²) in [4.78, 5) is 0. The molecule has 40 heavy (non-hydrogen) atoms. The molecule has 0 radical (unpaired) electrons. The summed E-state index contributed by atoms with van der Waals surface area (Å²) in [5.74, 6) is 0.784. The van der Waals surface area contributed by atoms with Gasteiger partial charge in [0.25, 0.3) is 0 Å². The first-order chi connectivity index (χ1) is 19.2. The maximum absolute atomic E-state index is 7.26. The first-order valence-electron chi connectivity index (χ1n) is 13.5. The average Bonchev–Trinajstić information content (AvgIpc) is 3.26. The monoisotopic (exact) mass is 672 g/mol. The summed E-state index contributed by atoms with van der Waals surface area (Å²) in [6.07, 6.45) is 0. The zero-order chi connectivity index (χ0) is 28.1. The summed E-state index contributed by atoms with van der Waals surface area (Å²) in [7, 11) is -2.73. The van der Waals surface area contributed by atoms with Crippen LogP contribution in [0.2, 0.25) is 0 Å². The fourth-order valence-corrected chi connectivity index (χ4v) is 9.88. The molecule has 1 heterocycles. The number of fused-ring (bicyclic) bond motifs is 4. The second-order valence-corrected chi connectivity index (χ2v) is 16.1. The van der Waals surface area contributed by atoms with Crippen molar-refractivity contribution in [3.63, 3.8) is 0 Å². The standard InChI is InChI=1S/C34H31Br2N2OP/c1-5-38-31-16-9-8-14-27(31)28-22-25(18-19-32(28)38)40(34(2,3)4,39-33-20-17-24(35)21-29(33)36)37-30-15-10-12-23-11-6-7-13-26(23)30/h6-22H,5H2,1-4H3/t40-/m1/s1. The van der Waals surface area contributed by atoms with Gasteiger partial charge in [-0.25, -0.2) is 4.74 Å². The molecule has 0 unspecified atom stereocenters. The third-order valence-corrected chi connectivity index (χ3v) is 12.3. The van der Waals surface area contributed by atoms with Crippen LogP contribution in [0.1, 0.15) is 27.7 Å². The topological polar surface area (TPSA) is 26.5 Å². The number of benzene rings is 5. The van der Waals surface area contributed by atoms with Gasteiger partial charge in [0.2, 0.25) is 0 Å². The SMILES string of the molecule is CCn1c2ccccc2c2cc([P@@](=Nc3cccc4ccccc34)(Oc3ccc(Br)cc3Br)C(C)(C)C)ccc21. The molecule has 0 aliphatic rings. The first-order valence-corrected chi connectivity index (χ1v) is 16.7. The van der Waals surface area contributed by atoms with Gasteiger partial charge in [0.05, 0.1) is 10.2 Å². The smallest absolute Gasteiger partial charge is 0.173 e. The van der Waals surface area contributed by atoms with Gasteiger partial charge in [-0.3, -0.25) is 0 Å². The highest BCUT2D eigenvalue weighted by Crippen LogP contribution is 2.63. The quantitative estimate of drug-likeness (QED) is 0.167. The Hall–Kier alpha value is -2.85. The van der Waals surface area contributed by atoms with E-state index in [1.165, 1.54) is 27.2 Å². The number of hydrogen-bond acceptors (Lipinski definition) is 2. The molecule has 5 aromatic carbocycles. The zero-order valence-corrected chi connectivity index (χ0v) is 27.1. The van der Waals surface area contributed by atoms with Gasteiger partial charge >= 0.3 is 0 Å². The van der Waals surface area contributed by atoms with Crippen LogP contribution in [0.5, 0.6) is 5.75 Å².